The van der Waals surface area contributed by atoms with E-state index in [0.717, 1.165) is 18.2 Å². The van der Waals surface area contributed by atoms with Gasteiger partial charge >= 0.3 is 5.97 Å². The maximum atomic E-state index is 12.4. The van der Waals surface area contributed by atoms with Crippen LogP contribution in [0, 0.1) is 20.2 Å². The molecular weight excluding hydrogens is 346 g/mol. The summed E-state index contributed by atoms with van der Waals surface area (Å²) in [6.07, 6.45) is -0.424. The normalized spacial score (nSPS) is 11.4. The first-order valence-corrected chi connectivity index (χ1v) is 7.29. The quantitative estimate of drug-likeness (QED) is 0.568. The summed E-state index contributed by atoms with van der Waals surface area (Å²) in [7, 11) is 0. The van der Waals surface area contributed by atoms with E-state index in [1.54, 1.807) is 30.3 Å². The van der Waals surface area contributed by atoms with Crippen molar-refractivity contribution in [2.24, 2.45) is 0 Å². The van der Waals surface area contributed by atoms with Crippen LogP contribution >= 0.6 is 0 Å². The molecule has 0 heterocycles. The fourth-order valence-electron chi connectivity index (χ4n) is 2.29. The lowest BCUT2D eigenvalue weighted by molar-refractivity contribution is -0.394. The molecule has 1 amide bonds. The first kappa shape index (κ1) is 18.5. The molecule has 0 aliphatic rings. The molecule has 0 saturated heterocycles. The van der Waals surface area contributed by atoms with Gasteiger partial charge in [-0.1, -0.05) is 30.3 Å². The maximum absolute atomic E-state index is 12.4. The van der Waals surface area contributed by atoms with Gasteiger partial charge in [-0.3, -0.25) is 29.8 Å². The predicted molar refractivity (Wildman–Crippen MR) is 88.7 cm³/mol. The van der Waals surface area contributed by atoms with Crippen molar-refractivity contribution in [2.45, 2.75) is 12.5 Å². The van der Waals surface area contributed by atoms with Crippen molar-refractivity contribution < 1.29 is 24.5 Å². The summed E-state index contributed by atoms with van der Waals surface area (Å²) in [5, 5.41) is 33.3. The largest absolute Gasteiger partial charge is 0.481 e. The molecular formula is C16H13N3O7. The Balaban J connectivity index is 2.35. The zero-order valence-corrected chi connectivity index (χ0v) is 13.2. The topological polar surface area (TPSA) is 153 Å². The van der Waals surface area contributed by atoms with E-state index < -0.39 is 45.6 Å². The van der Waals surface area contributed by atoms with Crippen molar-refractivity contribution >= 4 is 23.3 Å². The molecule has 0 aromatic heterocycles. The number of nitro groups is 2. The van der Waals surface area contributed by atoms with E-state index in [9.17, 15) is 29.8 Å². The molecule has 10 heteroatoms. The van der Waals surface area contributed by atoms with Gasteiger partial charge in [-0.25, -0.2) is 0 Å². The number of carbonyl (C=O) groups is 2. The predicted octanol–water partition coefficient (Wildman–Crippen LogP) is 2.45. The second kappa shape index (κ2) is 7.83. The fraction of sp³-hybridized carbons (Fsp3) is 0.125. The smallest absolute Gasteiger partial charge is 0.305 e. The molecule has 2 aromatic carbocycles. The number of benzene rings is 2. The van der Waals surface area contributed by atoms with E-state index in [0.29, 0.717) is 5.56 Å². The van der Waals surface area contributed by atoms with Crippen LogP contribution < -0.4 is 5.32 Å². The minimum atomic E-state index is -1.16. The van der Waals surface area contributed by atoms with E-state index in [-0.39, 0.29) is 5.56 Å². The van der Waals surface area contributed by atoms with Crippen LogP contribution in [0.5, 0.6) is 0 Å². The standard InChI is InChI=1S/C16H13N3O7/c20-15(21)9-14(10-4-2-1-3-5-10)17-16(22)11-6-12(18(23)24)8-13(7-11)19(25)26/h1-8,14H,9H2,(H,17,22)(H,20,21)/t14-/m0/s1. The molecule has 10 nitrogen and oxygen atoms in total. The van der Waals surface area contributed by atoms with Crippen LogP contribution in [0.4, 0.5) is 11.4 Å². The third-order valence-electron chi connectivity index (χ3n) is 3.47. The summed E-state index contributed by atoms with van der Waals surface area (Å²) in [5.74, 6) is -2.02. The first-order valence-electron chi connectivity index (χ1n) is 7.29. The Hall–Kier alpha value is -3.82. The second-order valence-corrected chi connectivity index (χ2v) is 5.29. The maximum Gasteiger partial charge on any atom is 0.305 e. The number of nitrogens with one attached hydrogen (secondary N) is 1. The van der Waals surface area contributed by atoms with E-state index in [2.05, 4.69) is 5.32 Å². The second-order valence-electron chi connectivity index (χ2n) is 5.29. The molecule has 2 N–H and O–H groups in total. The Bertz CT molecular complexity index is 835. The Labute approximate surface area is 146 Å². The third-order valence-corrected chi connectivity index (χ3v) is 3.47. The van der Waals surface area contributed by atoms with Crippen molar-refractivity contribution in [3.05, 3.63) is 79.9 Å². The third kappa shape index (κ3) is 4.60. The van der Waals surface area contributed by atoms with E-state index >= 15 is 0 Å². The fourth-order valence-corrected chi connectivity index (χ4v) is 2.29. The lowest BCUT2D eigenvalue weighted by Gasteiger charge is -2.17. The molecule has 0 radical (unpaired) electrons. The molecule has 0 bridgehead atoms. The minimum absolute atomic E-state index is 0.308. The molecule has 26 heavy (non-hydrogen) atoms. The molecule has 0 aliphatic carbocycles. The summed E-state index contributed by atoms with van der Waals surface area (Å²) in [6, 6.07) is 9.89. The number of carbonyl (C=O) groups excluding carboxylic acids is 1. The Morgan fingerprint density at radius 3 is 2.00 bits per heavy atom. The molecule has 0 spiro atoms. The number of carboxylic acids is 1. The van der Waals surface area contributed by atoms with Crippen LogP contribution in [0.15, 0.2) is 48.5 Å². The average molecular weight is 359 g/mol. The summed E-state index contributed by atoms with van der Waals surface area (Å²) in [4.78, 5) is 43.6. The highest BCUT2D eigenvalue weighted by molar-refractivity contribution is 5.96. The number of hydrogen-bond donors (Lipinski definition) is 2. The summed E-state index contributed by atoms with van der Waals surface area (Å²) >= 11 is 0. The van der Waals surface area contributed by atoms with Gasteiger partial charge in [0.15, 0.2) is 0 Å². The molecule has 0 fully saturated rings. The number of aliphatic carboxylic acids is 1. The SMILES string of the molecule is O=C(O)C[C@H](NC(=O)c1cc([N+](=O)[O-])cc([N+](=O)[O-])c1)c1ccccc1. The van der Waals surface area contributed by atoms with Crippen molar-refractivity contribution in [3.63, 3.8) is 0 Å². The van der Waals surface area contributed by atoms with Gasteiger partial charge in [0.05, 0.1) is 33.9 Å². The van der Waals surface area contributed by atoms with Crippen LogP contribution in [-0.4, -0.2) is 26.8 Å². The van der Waals surface area contributed by atoms with Crippen LogP contribution in [0.25, 0.3) is 0 Å². The van der Waals surface area contributed by atoms with E-state index in [4.69, 9.17) is 5.11 Å². The number of rotatable bonds is 7. The first-order chi connectivity index (χ1) is 12.3. The van der Waals surface area contributed by atoms with Crippen LogP contribution in [0.2, 0.25) is 0 Å². The van der Waals surface area contributed by atoms with Gasteiger partial charge in [0, 0.05) is 12.1 Å². The van der Waals surface area contributed by atoms with Crippen LogP contribution in [0.1, 0.15) is 28.4 Å². The Kier molecular flexibility index (Phi) is 5.58. The summed E-state index contributed by atoms with van der Waals surface area (Å²) in [5.41, 5.74) is -1.02. The number of non-ortho nitro benzene ring substituents is 2. The molecule has 1 atom stereocenters. The Morgan fingerprint density at radius 1 is 1.00 bits per heavy atom. The lowest BCUT2D eigenvalue weighted by Crippen LogP contribution is -2.30. The zero-order valence-electron chi connectivity index (χ0n) is 13.2. The van der Waals surface area contributed by atoms with Crippen LogP contribution in [-0.2, 0) is 4.79 Å². The molecule has 2 rings (SSSR count). The van der Waals surface area contributed by atoms with Crippen molar-refractivity contribution in [1.29, 1.82) is 0 Å². The number of nitro benzene ring substituents is 2. The lowest BCUT2D eigenvalue weighted by atomic mass is 10.0. The molecule has 0 unspecified atom stereocenters. The highest BCUT2D eigenvalue weighted by atomic mass is 16.6. The number of amides is 1. The van der Waals surface area contributed by atoms with Gasteiger partial charge < -0.3 is 10.4 Å². The zero-order chi connectivity index (χ0) is 19.3. The van der Waals surface area contributed by atoms with E-state index in [1.165, 1.54) is 0 Å². The molecule has 134 valence electrons. The molecule has 0 aliphatic heterocycles. The highest BCUT2D eigenvalue weighted by Crippen LogP contribution is 2.24. The van der Waals surface area contributed by atoms with Crippen molar-refractivity contribution in [2.75, 3.05) is 0 Å². The monoisotopic (exact) mass is 359 g/mol. The van der Waals surface area contributed by atoms with Crippen LogP contribution in [0.3, 0.4) is 0 Å². The van der Waals surface area contributed by atoms with Gasteiger partial charge in [0.25, 0.3) is 17.3 Å². The number of nitrogens with zero attached hydrogens (tertiary/aromatic N) is 2. The molecule has 0 saturated carbocycles. The van der Waals surface area contributed by atoms with Gasteiger partial charge in [0.2, 0.25) is 0 Å². The summed E-state index contributed by atoms with van der Waals surface area (Å²) in [6.45, 7) is 0. The number of hydrogen-bond acceptors (Lipinski definition) is 6. The van der Waals surface area contributed by atoms with Gasteiger partial charge in [-0.15, -0.1) is 0 Å². The summed E-state index contributed by atoms with van der Waals surface area (Å²) < 4.78 is 0. The van der Waals surface area contributed by atoms with Gasteiger partial charge in [0.1, 0.15) is 0 Å². The minimum Gasteiger partial charge on any atom is -0.481 e. The molecule has 2 aromatic rings. The van der Waals surface area contributed by atoms with Gasteiger partial charge in [-0.05, 0) is 5.56 Å². The van der Waals surface area contributed by atoms with Gasteiger partial charge in [-0.2, -0.15) is 0 Å². The van der Waals surface area contributed by atoms with Crippen molar-refractivity contribution in [3.8, 4) is 0 Å². The van der Waals surface area contributed by atoms with Crippen molar-refractivity contribution in [1.82, 2.24) is 5.32 Å². The number of carboxylic acid groups (broad SMARTS) is 1. The highest BCUT2D eigenvalue weighted by Gasteiger charge is 2.23. The Morgan fingerprint density at radius 2 is 1.54 bits per heavy atom. The van der Waals surface area contributed by atoms with E-state index in [1.807, 2.05) is 0 Å². The average Bonchev–Trinajstić information content (AvgIpc) is 2.61.